The third-order valence-electron chi connectivity index (χ3n) is 4.25. The van der Waals surface area contributed by atoms with Crippen LogP contribution in [0.15, 0.2) is 48.5 Å². The Morgan fingerprint density at radius 1 is 1.04 bits per heavy atom. The molecule has 2 aromatic carbocycles. The number of carbonyl (C=O) groups excluding carboxylic acids is 3. The number of likely N-dealkylation sites (N-methyl/N-ethyl adjacent to an activating group) is 1. The van der Waals surface area contributed by atoms with E-state index in [0.717, 1.165) is 11.1 Å². The molecule has 0 radical (unpaired) electrons. The lowest BCUT2D eigenvalue weighted by molar-refractivity contribution is -0.125. The van der Waals surface area contributed by atoms with Crippen LogP contribution < -0.4 is 21.1 Å². The van der Waals surface area contributed by atoms with Gasteiger partial charge in [-0.2, -0.15) is 0 Å². The van der Waals surface area contributed by atoms with Crippen LogP contribution in [0.2, 0.25) is 0 Å². The Morgan fingerprint density at radius 2 is 1.68 bits per heavy atom. The summed E-state index contributed by atoms with van der Waals surface area (Å²) >= 11 is 0. The van der Waals surface area contributed by atoms with Gasteiger partial charge in [-0.25, -0.2) is 0 Å². The van der Waals surface area contributed by atoms with E-state index in [1.54, 1.807) is 57.2 Å². The van der Waals surface area contributed by atoms with Crippen LogP contribution >= 0.6 is 0 Å². The first-order valence-corrected chi connectivity index (χ1v) is 8.85. The van der Waals surface area contributed by atoms with Crippen molar-refractivity contribution >= 4 is 17.7 Å². The molecule has 0 aliphatic heterocycles. The summed E-state index contributed by atoms with van der Waals surface area (Å²) in [6, 6.07) is 14.2. The predicted molar refractivity (Wildman–Crippen MR) is 107 cm³/mol. The maximum atomic E-state index is 12.4. The van der Waals surface area contributed by atoms with Crippen molar-refractivity contribution in [2.75, 3.05) is 7.05 Å². The Bertz CT molecular complexity index is 875. The molecule has 0 bridgehead atoms. The summed E-state index contributed by atoms with van der Waals surface area (Å²) in [5, 5.41) is 5.23. The maximum absolute atomic E-state index is 12.4. The lowest BCUT2D eigenvalue weighted by atomic mass is 10.0. The van der Waals surface area contributed by atoms with Gasteiger partial charge in [-0.3, -0.25) is 14.4 Å². The van der Waals surface area contributed by atoms with Gasteiger partial charge in [0.25, 0.3) is 11.8 Å². The molecule has 0 spiro atoms. The first-order chi connectivity index (χ1) is 13.1. The summed E-state index contributed by atoms with van der Waals surface area (Å²) in [7, 11) is 1.52. The fourth-order valence-electron chi connectivity index (χ4n) is 2.55. The van der Waals surface area contributed by atoms with Crippen LogP contribution in [0.3, 0.4) is 0 Å². The fraction of sp³-hybridized carbons (Fsp3) is 0.286. The second-order valence-electron chi connectivity index (χ2n) is 6.93. The molecule has 7 heteroatoms. The van der Waals surface area contributed by atoms with E-state index in [4.69, 9.17) is 10.5 Å². The summed E-state index contributed by atoms with van der Waals surface area (Å²) in [6.45, 7) is 4.86. The van der Waals surface area contributed by atoms with Gasteiger partial charge in [0.15, 0.2) is 6.10 Å². The Morgan fingerprint density at radius 3 is 2.25 bits per heavy atom. The van der Waals surface area contributed by atoms with Gasteiger partial charge in [0.05, 0.1) is 0 Å². The molecule has 148 valence electrons. The number of nitrogens with one attached hydrogen (secondary N) is 2. The van der Waals surface area contributed by atoms with Crippen molar-refractivity contribution in [3.05, 3.63) is 54.1 Å². The van der Waals surface area contributed by atoms with Gasteiger partial charge in [-0.15, -0.1) is 0 Å². The van der Waals surface area contributed by atoms with Crippen molar-refractivity contribution < 1.29 is 19.1 Å². The maximum Gasteiger partial charge on any atom is 0.258 e. The average molecular weight is 383 g/mol. The number of carbonyl (C=O) groups is 3. The zero-order valence-electron chi connectivity index (χ0n) is 16.4. The summed E-state index contributed by atoms with van der Waals surface area (Å²) in [5.74, 6) is -0.634. The van der Waals surface area contributed by atoms with Gasteiger partial charge in [0.1, 0.15) is 11.3 Å². The van der Waals surface area contributed by atoms with Crippen LogP contribution in [0.4, 0.5) is 0 Å². The number of nitrogens with two attached hydrogens (primary N) is 1. The van der Waals surface area contributed by atoms with E-state index in [-0.39, 0.29) is 11.8 Å². The van der Waals surface area contributed by atoms with Crippen molar-refractivity contribution in [2.45, 2.75) is 32.4 Å². The summed E-state index contributed by atoms with van der Waals surface area (Å²) in [4.78, 5) is 35.4. The molecule has 0 fully saturated rings. The molecule has 7 nitrogen and oxygen atoms in total. The minimum Gasteiger partial charge on any atom is -0.481 e. The molecule has 4 N–H and O–H groups in total. The molecular weight excluding hydrogens is 358 g/mol. The zero-order chi connectivity index (χ0) is 20.9. The summed E-state index contributed by atoms with van der Waals surface area (Å²) in [5.41, 5.74) is 6.38. The highest BCUT2D eigenvalue weighted by molar-refractivity contribution is 5.99. The smallest absolute Gasteiger partial charge is 0.258 e. The minimum absolute atomic E-state index is 0.278. The third-order valence-corrected chi connectivity index (χ3v) is 4.25. The van der Waals surface area contributed by atoms with Crippen molar-refractivity contribution in [2.24, 2.45) is 5.73 Å². The van der Waals surface area contributed by atoms with E-state index >= 15 is 0 Å². The Hall–Kier alpha value is -3.35. The van der Waals surface area contributed by atoms with Crippen LogP contribution in [-0.4, -0.2) is 36.4 Å². The van der Waals surface area contributed by atoms with Crippen molar-refractivity contribution in [3.63, 3.8) is 0 Å². The van der Waals surface area contributed by atoms with Crippen molar-refractivity contribution in [1.29, 1.82) is 0 Å². The molecule has 0 saturated carbocycles. The number of primary amides is 1. The normalized spacial score (nSPS) is 12.0. The first kappa shape index (κ1) is 21.0. The Labute approximate surface area is 164 Å². The summed E-state index contributed by atoms with van der Waals surface area (Å²) < 4.78 is 5.51. The van der Waals surface area contributed by atoms with Crippen LogP contribution in [0.25, 0.3) is 11.1 Å². The molecular formula is C21H25N3O4. The molecule has 2 rings (SSSR count). The number of benzene rings is 2. The molecule has 0 aromatic heterocycles. The van der Waals surface area contributed by atoms with Crippen molar-refractivity contribution in [3.8, 4) is 16.9 Å². The standard InChI is InChI=1S/C21H25N3O4/c1-13(18(22)25)28-17-7-5-6-16(12-17)14-8-10-15(11-9-14)19(26)24-21(2,3)20(27)23-4/h5-13H,1-4H3,(H2,22,25)(H,23,27)(H,24,26)/t13-/m0/s1. The molecule has 1 atom stereocenters. The SMILES string of the molecule is CNC(=O)C(C)(C)NC(=O)c1ccc(-c2cccc(O[C@@H](C)C(N)=O)c2)cc1. The molecule has 0 saturated heterocycles. The van der Waals surface area contributed by atoms with E-state index < -0.39 is 17.6 Å². The van der Waals surface area contributed by atoms with Crippen molar-refractivity contribution in [1.82, 2.24) is 10.6 Å². The summed E-state index contributed by atoms with van der Waals surface area (Å²) in [6.07, 6.45) is -0.731. The molecule has 0 heterocycles. The van der Waals surface area contributed by atoms with E-state index in [2.05, 4.69) is 10.6 Å². The number of rotatable bonds is 7. The zero-order valence-corrected chi connectivity index (χ0v) is 16.4. The monoisotopic (exact) mass is 383 g/mol. The Kier molecular flexibility index (Phi) is 6.41. The highest BCUT2D eigenvalue weighted by Crippen LogP contribution is 2.25. The average Bonchev–Trinajstić information content (AvgIpc) is 2.67. The largest absolute Gasteiger partial charge is 0.481 e. The quantitative estimate of drug-likeness (QED) is 0.678. The molecule has 28 heavy (non-hydrogen) atoms. The van der Waals surface area contributed by atoms with Gasteiger partial charge in [0.2, 0.25) is 5.91 Å². The molecule has 0 aliphatic rings. The van der Waals surface area contributed by atoms with Crippen LogP contribution in [0, 0.1) is 0 Å². The highest BCUT2D eigenvalue weighted by atomic mass is 16.5. The number of hydrogen-bond acceptors (Lipinski definition) is 4. The van der Waals surface area contributed by atoms with E-state index in [9.17, 15) is 14.4 Å². The lowest BCUT2D eigenvalue weighted by Crippen LogP contribution is -2.53. The van der Waals surface area contributed by atoms with Crippen LogP contribution in [0.5, 0.6) is 5.75 Å². The van der Waals surface area contributed by atoms with Gasteiger partial charge in [0, 0.05) is 12.6 Å². The third kappa shape index (κ3) is 5.09. The Balaban J connectivity index is 2.15. The second-order valence-corrected chi connectivity index (χ2v) is 6.93. The van der Waals surface area contributed by atoms with Gasteiger partial charge < -0.3 is 21.1 Å². The minimum atomic E-state index is -1.02. The predicted octanol–water partition coefficient (Wildman–Crippen LogP) is 1.86. The molecule has 0 unspecified atom stereocenters. The molecule has 3 amide bonds. The van der Waals surface area contributed by atoms with E-state index in [1.165, 1.54) is 7.05 Å². The number of amides is 3. The van der Waals surface area contributed by atoms with Gasteiger partial charge in [-0.1, -0.05) is 24.3 Å². The van der Waals surface area contributed by atoms with Gasteiger partial charge >= 0.3 is 0 Å². The van der Waals surface area contributed by atoms with E-state index in [1.807, 2.05) is 12.1 Å². The number of hydrogen-bond donors (Lipinski definition) is 3. The second kappa shape index (κ2) is 8.56. The molecule has 2 aromatic rings. The highest BCUT2D eigenvalue weighted by Gasteiger charge is 2.28. The van der Waals surface area contributed by atoms with Crippen LogP contribution in [-0.2, 0) is 9.59 Å². The molecule has 0 aliphatic carbocycles. The lowest BCUT2D eigenvalue weighted by Gasteiger charge is -2.24. The van der Waals surface area contributed by atoms with Crippen LogP contribution in [0.1, 0.15) is 31.1 Å². The fourth-order valence-corrected chi connectivity index (χ4v) is 2.55. The topological polar surface area (TPSA) is 111 Å². The first-order valence-electron chi connectivity index (χ1n) is 8.85. The van der Waals surface area contributed by atoms with Gasteiger partial charge in [-0.05, 0) is 56.2 Å². The van der Waals surface area contributed by atoms with E-state index in [0.29, 0.717) is 11.3 Å². The number of ether oxygens (including phenoxy) is 1.